The van der Waals surface area contributed by atoms with Gasteiger partial charge in [0, 0.05) is 20.0 Å². The topological polar surface area (TPSA) is 27.7 Å². The fraction of sp³-hybridized carbons (Fsp3) is 0.500. The summed E-state index contributed by atoms with van der Waals surface area (Å²) >= 11 is 0. The van der Waals surface area contributed by atoms with E-state index in [2.05, 4.69) is 55.5 Å². The fourth-order valence-electron chi connectivity index (χ4n) is 4.77. The van der Waals surface area contributed by atoms with Gasteiger partial charge in [0.25, 0.3) is 0 Å². The molecule has 4 rings (SSSR count). The molecule has 2 aliphatic rings. The van der Waals surface area contributed by atoms with Crippen LogP contribution in [-0.4, -0.2) is 25.6 Å². The monoisotopic (exact) mass is 366 g/mol. The molecule has 0 radical (unpaired) electrons. The standard InChI is InChI=1S/C24H30O3/c1-3-10-19-11-9-14-21(17-19)24(25-2,20-12-5-4-6-13-20)22-18-26-23(27-22)15-7-8-16-23/h4-6,9,11-14,17,22H,3,7-8,10,15-16,18H2,1-2H3. The Bertz CT molecular complexity index is 751. The van der Waals surface area contributed by atoms with Gasteiger partial charge in [-0.2, -0.15) is 0 Å². The van der Waals surface area contributed by atoms with Gasteiger partial charge in [-0.05, 0) is 36.0 Å². The predicted molar refractivity (Wildman–Crippen MR) is 107 cm³/mol. The summed E-state index contributed by atoms with van der Waals surface area (Å²) in [5.41, 5.74) is 2.93. The lowest BCUT2D eigenvalue weighted by atomic mass is 9.80. The van der Waals surface area contributed by atoms with E-state index in [4.69, 9.17) is 14.2 Å². The third-order valence-corrected chi connectivity index (χ3v) is 6.09. The molecule has 27 heavy (non-hydrogen) atoms. The maximum atomic E-state index is 6.63. The molecule has 2 aromatic rings. The van der Waals surface area contributed by atoms with Gasteiger partial charge < -0.3 is 14.2 Å². The second kappa shape index (κ2) is 7.75. The van der Waals surface area contributed by atoms with E-state index >= 15 is 0 Å². The van der Waals surface area contributed by atoms with Crippen LogP contribution in [-0.2, 0) is 26.2 Å². The Morgan fingerprint density at radius 1 is 1.04 bits per heavy atom. The van der Waals surface area contributed by atoms with Crippen molar-refractivity contribution in [3.8, 4) is 0 Å². The van der Waals surface area contributed by atoms with E-state index in [0.717, 1.165) is 36.8 Å². The molecule has 2 aromatic carbocycles. The van der Waals surface area contributed by atoms with Crippen LogP contribution in [0.5, 0.6) is 0 Å². The summed E-state index contributed by atoms with van der Waals surface area (Å²) in [6.07, 6.45) is 6.32. The molecule has 2 atom stereocenters. The molecule has 0 bridgehead atoms. The molecular weight excluding hydrogens is 336 g/mol. The quantitative estimate of drug-likeness (QED) is 0.702. The molecule has 1 saturated carbocycles. The molecule has 2 unspecified atom stereocenters. The van der Waals surface area contributed by atoms with Crippen LogP contribution < -0.4 is 0 Å². The van der Waals surface area contributed by atoms with Crippen LogP contribution in [0, 0.1) is 0 Å². The van der Waals surface area contributed by atoms with Crippen LogP contribution in [0.4, 0.5) is 0 Å². The Morgan fingerprint density at radius 2 is 1.78 bits per heavy atom. The zero-order valence-electron chi connectivity index (χ0n) is 16.4. The first-order valence-electron chi connectivity index (χ1n) is 10.2. The number of ether oxygens (including phenoxy) is 3. The largest absolute Gasteiger partial charge is 0.366 e. The first-order chi connectivity index (χ1) is 13.2. The summed E-state index contributed by atoms with van der Waals surface area (Å²) in [7, 11) is 1.79. The molecule has 1 aliphatic heterocycles. The highest BCUT2D eigenvalue weighted by Gasteiger charge is 2.53. The Balaban J connectivity index is 1.79. The predicted octanol–water partition coefficient (Wildman–Crippen LogP) is 5.21. The first kappa shape index (κ1) is 18.7. The SMILES string of the molecule is CCCc1cccc(C(OC)(c2ccccc2)C2COC3(CCCC3)O2)c1. The van der Waals surface area contributed by atoms with Gasteiger partial charge in [0.05, 0.1) is 6.61 Å². The van der Waals surface area contributed by atoms with Crippen LogP contribution in [0.15, 0.2) is 54.6 Å². The molecule has 1 saturated heterocycles. The van der Waals surface area contributed by atoms with Gasteiger partial charge in [-0.15, -0.1) is 0 Å². The van der Waals surface area contributed by atoms with Crippen molar-refractivity contribution in [2.45, 2.75) is 62.9 Å². The van der Waals surface area contributed by atoms with Crippen molar-refractivity contribution in [3.63, 3.8) is 0 Å². The summed E-state index contributed by atoms with van der Waals surface area (Å²) in [4.78, 5) is 0. The van der Waals surface area contributed by atoms with E-state index in [1.165, 1.54) is 18.4 Å². The van der Waals surface area contributed by atoms with Crippen LogP contribution in [0.3, 0.4) is 0 Å². The van der Waals surface area contributed by atoms with Crippen molar-refractivity contribution in [2.75, 3.05) is 13.7 Å². The molecule has 3 nitrogen and oxygen atoms in total. The second-order valence-corrected chi connectivity index (χ2v) is 7.79. The van der Waals surface area contributed by atoms with Crippen LogP contribution in [0.1, 0.15) is 55.7 Å². The summed E-state index contributed by atoms with van der Waals surface area (Å²) in [6.45, 7) is 2.77. The van der Waals surface area contributed by atoms with E-state index in [1.54, 1.807) is 7.11 Å². The highest BCUT2D eigenvalue weighted by molar-refractivity contribution is 5.40. The van der Waals surface area contributed by atoms with Gasteiger partial charge in [-0.1, -0.05) is 67.9 Å². The van der Waals surface area contributed by atoms with Gasteiger partial charge >= 0.3 is 0 Å². The highest BCUT2D eigenvalue weighted by Crippen LogP contribution is 2.47. The molecule has 2 fully saturated rings. The van der Waals surface area contributed by atoms with Gasteiger partial charge in [0.2, 0.25) is 0 Å². The smallest absolute Gasteiger partial charge is 0.169 e. The summed E-state index contributed by atoms with van der Waals surface area (Å²) < 4.78 is 19.2. The summed E-state index contributed by atoms with van der Waals surface area (Å²) in [5, 5.41) is 0. The van der Waals surface area contributed by atoms with Crippen molar-refractivity contribution in [1.29, 1.82) is 0 Å². The van der Waals surface area contributed by atoms with Gasteiger partial charge in [-0.25, -0.2) is 0 Å². The van der Waals surface area contributed by atoms with Crippen molar-refractivity contribution in [2.24, 2.45) is 0 Å². The Morgan fingerprint density at radius 3 is 2.48 bits per heavy atom. The van der Waals surface area contributed by atoms with Crippen molar-refractivity contribution >= 4 is 0 Å². The summed E-state index contributed by atoms with van der Waals surface area (Å²) in [6, 6.07) is 19.2. The maximum Gasteiger partial charge on any atom is 0.169 e. The van der Waals surface area contributed by atoms with E-state index in [9.17, 15) is 0 Å². The minimum Gasteiger partial charge on any atom is -0.366 e. The molecule has 1 spiro atoms. The zero-order valence-corrected chi connectivity index (χ0v) is 16.4. The highest BCUT2D eigenvalue weighted by atomic mass is 16.8. The minimum absolute atomic E-state index is 0.167. The van der Waals surface area contributed by atoms with Crippen LogP contribution in [0.2, 0.25) is 0 Å². The van der Waals surface area contributed by atoms with Gasteiger partial charge in [0.15, 0.2) is 5.79 Å². The number of hydrogen-bond donors (Lipinski definition) is 0. The van der Waals surface area contributed by atoms with Crippen LogP contribution in [0.25, 0.3) is 0 Å². The van der Waals surface area contributed by atoms with Crippen molar-refractivity contribution in [3.05, 3.63) is 71.3 Å². The third-order valence-electron chi connectivity index (χ3n) is 6.09. The minimum atomic E-state index is -0.670. The number of methoxy groups -OCH3 is 1. The summed E-state index contributed by atoms with van der Waals surface area (Å²) in [5.74, 6) is -0.412. The van der Waals surface area contributed by atoms with E-state index in [0.29, 0.717) is 6.61 Å². The normalized spacial score (nSPS) is 23.6. The number of benzene rings is 2. The molecule has 1 aliphatic carbocycles. The van der Waals surface area contributed by atoms with Crippen molar-refractivity contribution < 1.29 is 14.2 Å². The van der Waals surface area contributed by atoms with Crippen LogP contribution >= 0.6 is 0 Å². The Labute approximate surface area is 162 Å². The number of aryl methyl sites for hydroxylation is 1. The van der Waals surface area contributed by atoms with Crippen molar-refractivity contribution in [1.82, 2.24) is 0 Å². The molecule has 144 valence electrons. The zero-order chi connectivity index (χ0) is 18.7. The Kier molecular flexibility index (Phi) is 5.36. The van der Waals surface area contributed by atoms with E-state index in [1.807, 2.05) is 6.07 Å². The first-order valence-corrected chi connectivity index (χ1v) is 10.2. The lowest BCUT2D eigenvalue weighted by molar-refractivity contribution is -0.187. The van der Waals surface area contributed by atoms with Gasteiger partial charge in [0.1, 0.15) is 11.7 Å². The van der Waals surface area contributed by atoms with E-state index < -0.39 is 11.4 Å². The molecule has 0 amide bonds. The number of hydrogen-bond acceptors (Lipinski definition) is 3. The lowest BCUT2D eigenvalue weighted by Crippen LogP contribution is -2.45. The average molecular weight is 367 g/mol. The maximum absolute atomic E-state index is 6.63. The van der Waals surface area contributed by atoms with Gasteiger partial charge in [-0.3, -0.25) is 0 Å². The number of rotatable bonds is 6. The second-order valence-electron chi connectivity index (χ2n) is 7.79. The average Bonchev–Trinajstić information content (AvgIpc) is 3.35. The molecule has 0 aromatic heterocycles. The van der Waals surface area contributed by atoms with E-state index in [-0.39, 0.29) is 6.10 Å². The Hall–Kier alpha value is -1.68. The molecular formula is C24H30O3. The lowest BCUT2D eigenvalue weighted by Gasteiger charge is -2.38. The molecule has 3 heteroatoms. The fourth-order valence-corrected chi connectivity index (χ4v) is 4.77. The molecule has 1 heterocycles. The third kappa shape index (κ3) is 3.33. The molecule has 0 N–H and O–H groups in total.